The highest BCUT2D eigenvalue weighted by molar-refractivity contribution is 7.80. The Hall–Kier alpha value is -0.870. The SMILES string of the molecule is CCOc1cc(C(O)CS)ccc1OC. The summed E-state index contributed by atoms with van der Waals surface area (Å²) in [6.07, 6.45) is -0.571. The van der Waals surface area contributed by atoms with Crippen LogP contribution in [0.1, 0.15) is 18.6 Å². The van der Waals surface area contributed by atoms with Gasteiger partial charge in [0.15, 0.2) is 11.5 Å². The maximum Gasteiger partial charge on any atom is 0.161 e. The lowest BCUT2D eigenvalue weighted by Gasteiger charge is -2.13. The first kappa shape index (κ1) is 12.2. The Morgan fingerprint density at radius 3 is 2.67 bits per heavy atom. The van der Waals surface area contributed by atoms with Crippen molar-refractivity contribution in [3.63, 3.8) is 0 Å². The molecule has 0 radical (unpaired) electrons. The Bertz CT molecular complexity index is 315. The first-order chi connectivity index (χ1) is 7.22. The lowest BCUT2D eigenvalue weighted by Crippen LogP contribution is -2.01. The molecule has 0 spiro atoms. The normalized spacial score (nSPS) is 12.3. The van der Waals surface area contributed by atoms with Crippen LogP contribution in [-0.4, -0.2) is 24.6 Å². The quantitative estimate of drug-likeness (QED) is 0.758. The molecular formula is C11H16O3S. The van der Waals surface area contributed by atoms with Gasteiger partial charge in [-0.15, -0.1) is 0 Å². The third kappa shape index (κ3) is 3.04. The van der Waals surface area contributed by atoms with Crippen molar-refractivity contribution in [1.29, 1.82) is 0 Å². The molecule has 0 saturated heterocycles. The molecule has 0 amide bonds. The molecule has 0 fully saturated rings. The molecule has 1 N–H and O–H groups in total. The zero-order chi connectivity index (χ0) is 11.3. The van der Waals surface area contributed by atoms with Gasteiger partial charge in [0.2, 0.25) is 0 Å². The number of thiol groups is 1. The standard InChI is InChI=1S/C11H16O3S/c1-3-14-11-6-8(9(12)7-15)4-5-10(11)13-2/h4-6,9,12,15H,3,7H2,1-2H3. The molecule has 0 saturated carbocycles. The molecule has 84 valence electrons. The summed E-state index contributed by atoms with van der Waals surface area (Å²) < 4.78 is 10.5. The number of methoxy groups -OCH3 is 1. The number of benzene rings is 1. The van der Waals surface area contributed by atoms with E-state index in [1.807, 2.05) is 13.0 Å². The van der Waals surface area contributed by atoms with E-state index in [1.54, 1.807) is 19.2 Å². The fourth-order valence-corrected chi connectivity index (χ4v) is 1.49. The van der Waals surface area contributed by atoms with Crippen LogP contribution in [0, 0.1) is 0 Å². The Morgan fingerprint density at radius 1 is 1.40 bits per heavy atom. The van der Waals surface area contributed by atoms with Gasteiger partial charge < -0.3 is 14.6 Å². The minimum absolute atomic E-state index is 0.387. The predicted octanol–water partition coefficient (Wildman–Crippen LogP) is 2.06. The highest BCUT2D eigenvalue weighted by atomic mass is 32.1. The maximum atomic E-state index is 9.61. The molecule has 15 heavy (non-hydrogen) atoms. The van der Waals surface area contributed by atoms with E-state index >= 15 is 0 Å². The van der Waals surface area contributed by atoms with Gasteiger partial charge in [-0.05, 0) is 24.6 Å². The minimum Gasteiger partial charge on any atom is -0.493 e. The van der Waals surface area contributed by atoms with Gasteiger partial charge in [0.25, 0.3) is 0 Å². The Labute approximate surface area is 95.4 Å². The highest BCUT2D eigenvalue weighted by Crippen LogP contribution is 2.30. The van der Waals surface area contributed by atoms with Crippen molar-refractivity contribution in [3.8, 4) is 11.5 Å². The molecule has 1 aromatic carbocycles. The summed E-state index contributed by atoms with van der Waals surface area (Å²) in [4.78, 5) is 0. The molecule has 0 aliphatic carbocycles. The van der Waals surface area contributed by atoms with Crippen LogP contribution in [0.4, 0.5) is 0 Å². The molecule has 1 rings (SSSR count). The van der Waals surface area contributed by atoms with E-state index in [-0.39, 0.29) is 0 Å². The van der Waals surface area contributed by atoms with E-state index in [2.05, 4.69) is 12.6 Å². The molecule has 0 aliphatic heterocycles. The van der Waals surface area contributed by atoms with Crippen molar-refractivity contribution < 1.29 is 14.6 Å². The van der Waals surface area contributed by atoms with Crippen LogP contribution in [0.3, 0.4) is 0 Å². The van der Waals surface area contributed by atoms with Crippen LogP contribution in [0.2, 0.25) is 0 Å². The predicted molar refractivity (Wildman–Crippen MR) is 63.0 cm³/mol. The number of hydrogen-bond donors (Lipinski definition) is 2. The molecule has 0 aliphatic rings. The molecule has 3 nitrogen and oxygen atoms in total. The zero-order valence-corrected chi connectivity index (χ0v) is 9.83. The summed E-state index contributed by atoms with van der Waals surface area (Å²) in [5.41, 5.74) is 0.786. The third-order valence-electron chi connectivity index (χ3n) is 2.05. The summed E-state index contributed by atoms with van der Waals surface area (Å²) in [6, 6.07) is 5.37. The van der Waals surface area contributed by atoms with Crippen molar-refractivity contribution in [2.75, 3.05) is 19.5 Å². The maximum absolute atomic E-state index is 9.61. The van der Waals surface area contributed by atoms with E-state index in [0.29, 0.717) is 23.9 Å². The van der Waals surface area contributed by atoms with Crippen LogP contribution in [0.25, 0.3) is 0 Å². The van der Waals surface area contributed by atoms with Crippen molar-refractivity contribution in [3.05, 3.63) is 23.8 Å². The first-order valence-corrected chi connectivity index (χ1v) is 5.45. The van der Waals surface area contributed by atoms with E-state index in [1.165, 1.54) is 0 Å². The molecule has 0 bridgehead atoms. The van der Waals surface area contributed by atoms with Crippen LogP contribution >= 0.6 is 12.6 Å². The summed E-state index contributed by atoms with van der Waals surface area (Å²) in [5.74, 6) is 1.71. The van der Waals surface area contributed by atoms with Crippen LogP contribution in [0.15, 0.2) is 18.2 Å². The monoisotopic (exact) mass is 228 g/mol. The van der Waals surface area contributed by atoms with Gasteiger partial charge in [0.1, 0.15) is 0 Å². The zero-order valence-electron chi connectivity index (χ0n) is 8.93. The Kier molecular flexibility index (Phi) is 4.78. The lowest BCUT2D eigenvalue weighted by atomic mass is 10.1. The van der Waals surface area contributed by atoms with Crippen molar-refractivity contribution in [2.24, 2.45) is 0 Å². The van der Waals surface area contributed by atoms with Gasteiger partial charge in [-0.2, -0.15) is 12.6 Å². The second-order valence-corrected chi connectivity index (χ2v) is 3.41. The van der Waals surface area contributed by atoms with Gasteiger partial charge in [-0.3, -0.25) is 0 Å². The molecule has 0 aromatic heterocycles. The summed E-state index contributed by atoms with van der Waals surface area (Å²) in [7, 11) is 1.59. The van der Waals surface area contributed by atoms with Crippen molar-refractivity contribution in [2.45, 2.75) is 13.0 Å². The molecule has 1 aromatic rings. The number of aliphatic hydroxyl groups excluding tert-OH is 1. The Balaban J connectivity index is 2.98. The number of aliphatic hydroxyl groups is 1. The second kappa shape index (κ2) is 5.88. The van der Waals surface area contributed by atoms with Crippen LogP contribution < -0.4 is 9.47 Å². The summed E-state index contributed by atoms with van der Waals surface area (Å²) in [6.45, 7) is 2.47. The molecule has 0 heterocycles. The second-order valence-electron chi connectivity index (χ2n) is 3.04. The molecule has 1 atom stereocenters. The van der Waals surface area contributed by atoms with E-state index in [0.717, 1.165) is 5.56 Å². The van der Waals surface area contributed by atoms with Gasteiger partial charge in [-0.1, -0.05) is 6.07 Å². The van der Waals surface area contributed by atoms with Gasteiger partial charge in [0.05, 0.1) is 19.8 Å². The van der Waals surface area contributed by atoms with E-state index in [9.17, 15) is 5.11 Å². The van der Waals surface area contributed by atoms with Crippen molar-refractivity contribution in [1.82, 2.24) is 0 Å². The largest absolute Gasteiger partial charge is 0.493 e. The highest BCUT2D eigenvalue weighted by Gasteiger charge is 2.10. The first-order valence-electron chi connectivity index (χ1n) is 4.82. The average Bonchev–Trinajstić information content (AvgIpc) is 2.28. The smallest absolute Gasteiger partial charge is 0.161 e. The van der Waals surface area contributed by atoms with E-state index in [4.69, 9.17) is 9.47 Å². The van der Waals surface area contributed by atoms with Crippen molar-refractivity contribution >= 4 is 12.6 Å². The number of rotatable bonds is 5. The fourth-order valence-electron chi connectivity index (χ4n) is 1.27. The third-order valence-corrected chi connectivity index (χ3v) is 2.39. The minimum atomic E-state index is -0.571. The number of ether oxygens (including phenoxy) is 2. The topological polar surface area (TPSA) is 38.7 Å². The van der Waals surface area contributed by atoms with Gasteiger partial charge in [0, 0.05) is 5.75 Å². The molecule has 4 heteroatoms. The van der Waals surface area contributed by atoms with Gasteiger partial charge >= 0.3 is 0 Å². The van der Waals surface area contributed by atoms with Gasteiger partial charge in [-0.25, -0.2) is 0 Å². The average molecular weight is 228 g/mol. The molecular weight excluding hydrogens is 212 g/mol. The summed E-state index contributed by atoms with van der Waals surface area (Å²) >= 11 is 4.04. The van der Waals surface area contributed by atoms with Crippen LogP contribution in [0.5, 0.6) is 11.5 Å². The molecule has 1 unspecified atom stereocenters. The summed E-state index contributed by atoms with van der Waals surface area (Å²) in [5, 5.41) is 9.61. The fraction of sp³-hybridized carbons (Fsp3) is 0.455. The lowest BCUT2D eigenvalue weighted by molar-refractivity contribution is 0.203. The van der Waals surface area contributed by atoms with E-state index < -0.39 is 6.10 Å². The van der Waals surface area contributed by atoms with Crippen LogP contribution in [-0.2, 0) is 0 Å². The Morgan fingerprint density at radius 2 is 2.13 bits per heavy atom. The number of hydrogen-bond acceptors (Lipinski definition) is 4.